The lowest BCUT2D eigenvalue weighted by atomic mass is 9.69. The Morgan fingerprint density at radius 3 is 2.59 bits per heavy atom. The fourth-order valence-electron chi connectivity index (χ4n) is 3.44. The second kappa shape index (κ2) is 5.88. The molecule has 1 N–H and O–H groups in total. The number of carboxylic acids is 1. The van der Waals surface area contributed by atoms with Gasteiger partial charge in [0.25, 0.3) is 0 Å². The van der Waals surface area contributed by atoms with Crippen molar-refractivity contribution in [3.05, 3.63) is 16.7 Å². The Kier molecular flexibility index (Phi) is 4.08. The Bertz CT molecular complexity index is 593. The van der Waals surface area contributed by atoms with Crippen LogP contribution in [-0.2, 0) is 10.2 Å². The van der Waals surface area contributed by atoms with Crippen LogP contribution in [0.3, 0.4) is 0 Å². The maximum Gasteiger partial charge on any atom is 0.314 e. The van der Waals surface area contributed by atoms with E-state index >= 15 is 0 Å². The molecule has 1 aliphatic heterocycles. The van der Waals surface area contributed by atoms with Crippen LogP contribution in [0.4, 0.5) is 0 Å². The van der Waals surface area contributed by atoms with Crippen LogP contribution in [0.2, 0.25) is 5.02 Å². The number of hydrogen-bond donors (Lipinski definition) is 1. The van der Waals surface area contributed by atoms with Gasteiger partial charge in [-0.15, -0.1) is 0 Å². The van der Waals surface area contributed by atoms with Gasteiger partial charge in [-0.3, -0.25) is 4.79 Å². The van der Waals surface area contributed by atoms with Gasteiger partial charge in [-0.25, -0.2) is 0 Å². The standard InChI is InChI=1S/C16H19ClO5/c1-20-13-10(16(15(18)19)5-3-2-4-6-16)9-11-14(12(13)17)22-8-7-21-11/h9H,2-8H2,1H3,(H,18,19). The highest BCUT2D eigenvalue weighted by molar-refractivity contribution is 6.34. The molecule has 3 rings (SSSR count). The van der Waals surface area contributed by atoms with Gasteiger partial charge in [0.2, 0.25) is 0 Å². The zero-order valence-electron chi connectivity index (χ0n) is 12.5. The number of hydrogen-bond acceptors (Lipinski definition) is 4. The van der Waals surface area contributed by atoms with Gasteiger partial charge in [0, 0.05) is 5.56 Å². The van der Waals surface area contributed by atoms with E-state index < -0.39 is 11.4 Å². The number of methoxy groups -OCH3 is 1. The topological polar surface area (TPSA) is 65.0 Å². The summed E-state index contributed by atoms with van der Waals surface area (Å²) < 4.78 is 16.6. The number of benzene rings is 1. The molecule has 1 saturated carbocycles. The first kappa shape index (κ1) is 15.3. The van der Waals surface area contributed by atoms with Crippen LogP contribution in [0.1, 0.15) is 37.7 Å². The predicted octanol–water partition coefficient (Wildman–Crippen LogP) is 3.41. The van der Waals surface area contributed by atoms with Crippen molar-refractivity contribution in [2.24, 2.45) is 0 Å². The van der Waals surface area contributed by atoms with E-state index in [2.05, 4.69) is 0 Å². The summed E-state index contributed by atoms with van der Waals surface area (Å²) in [6.45, 7) is 0.842. The summed E-state index contributed by atoms with van der Waals surface area (Å²) in [5.41, 5.74) is -0.375. The average Bonchev–Trinajstić information content (AvgIpc) is 2.55. The molecule has 1 aromatic rings. The van der Waals surface area contributed by atoms with Gasteiger partial charge in [-0.1, -0.05) is 30.9 Å². The van der Waals surface area contributed by atoms with Crippen LogP contribution in [0.5, 0.6) is 17.2 Å². The summed E-state index contributed by atoms with van der Waals surface area (Å²) >= 11 is 6.39. The Morgan fingerprint density at radius 1 is 1.27 bits per heavy atom. The number of carboxylic acid groups (broad SMARTS) is 1. The molecule has 120 valence electrons. The van der Waals surface area contributed by atoms with E-state index in [0.29, 0.717) is 53.9 Å². The number of rotatable bonds is 3. The summed E-state index contributed by atoms with van der Waals surface area (Å²) in [7, 11) is 1.50. The summed E-state index contributed by atoms with van der Waals surface area (Å²) in [6.07, 6.45) is 3.96. The number of aliphatic carboxylic acids is 1. The van der Waals surface area contributed by atoms with Gasteiger partial charge in [-0.2, -0.15) is 0 Å². The molecule has 1 aromatic carbocycles. The molecule has 1 aliphatic carbocycles. The quantitative estimate of drug-likeness (QED) is 0.922. The lowest BCUT2D eigenvalue weighted by Crippen LogP contribution is -2.38. The fraction of sp³-hybridized carbons (Fsp3) is 0.562. The molecular formula is C16H19ClO5. The van der Waals surface area contributed by atoms with E-state index in [1.165, 1.54) is 7.11 Å². The highest BCUT2D eigenvalue weighted by Gasteiger charge is 2.45. The van der Waals surface area contributed by atoms with Crippen molar-refractivity contribution in [1.82, 2.24) is 0 Å². The van der Waals surface area contributed by atoms with Crippen LogP contribution in [0, 0.1) is 0 Å². The van der Waals surface area contributed by atoms with Crippen molar-refractivity contribution < 1.29 is 24.1 Å². The summed E-state index contributed by atoms with van der Waals surface area (Å²) in [5.74, 6) is 0.483. The van der Waals surface area contributed by atoms with Crippen molar-refractivity contribution in [1.29, 1.82) is 0 Å². The van der Waals surface area contributed by atoms with E-state index in [9.17, 15) is 9.90 Å². The van der Waals surface area contributed by atoms with E-state index in [1.54, 1.807) is 6.07 Å². The van der Waals surface area contributed by atoms with Crippen molar-refractivity contribution in [2.45, 2.75) is 37.5 Å². The average molecular weight is 327 g/mol. The van der Waals surface area contributed by atoms with E-state index in [-0.39, 0.29) is 0 Å². The highest BCUT2D eigenvalue weighted by atomic mass is 35.5. The molecule has 6 heteroatoms. The molecule has 0 atom stereocenters. The van der Waals surface area contributed by atoms with Crippen LogP contribution in [0.15, 0.2) is 6.07 Å². The molecule has 2 aliphatic rings. The van der Waals surface area contributed by atoms with Crippen molar-refractivity contribution in [2.75, 3.05) is 20.3 Å². The predicted molar refractivity (Wildman–Crippen MR) is 81.4 cm³/mol. The third kappa shape index (κ3) is 2.28. The van der Waals surface area contributed by atoms with Crippen LogP contribution in [0.25, 0.3) is 0 Å². The maximum absolute atomic E-state index is 12.1. The van der Waals surface area contributed by atoms with E-state index in [4.69, 9.17) is 25.8 Å². The molecule has 0 spiro atoms. The molecule has 5 nitrogen and oxygen atoms in total. The Labute approximate surface area is 134 Å². The largest absolute Gasteiger partial charge is 0.495 e. The SMILES string of the molecule is COc1c(C2(C(=O)O)CCCCC2)cc2c(c1Cl)OCCO2. The molecular weight excluding hydrogens is 308 g/mol. The third-order valence-corrected chi connectivity index (χ3v) is 4.91. The molecule has 0 amide bonds. The van der Waals surface area contributed by atoms with E-state index in [1.807, 2.05) is 0 Å². The fourth-order valence-corrected chi connectivity index (χ4v) is 3.76. The summed E-state index contributed by atoms with van der Waals surface area (Å²) in [5, 5.41) is 10.2. The molecule has 0 saturated heterocycles. The first-order valence-corrected chi connectivity index (χ1v) is 7.88. The minimum Gasteiger partial charge on any atom is -0.495 e. The molecule has 1 fully saturated rings. The lowest BCUT2D eigenvalue weighted by molar-refractivity contribution is -0.145. The van der Waals surface area contributed by atoms with Crippen LogP contribution >= 0.6 is 11.6 Å². The Balaban J connectivity index is 2.20. The minimum atomic E-state index is -0.969. The van der Waals surface area contributed by atoms with Gasteiger partial charge in [0.05, 0.1) is 12.5 Å². The second-order valence-corrected chi connectivity index (χ2v) is 6.12. The first-order valence-electron chi connectivity index (χ1n) is 7.50. The monoisotopic (exact) mass is 326 g/mol. The third-order valence-electron chi connectivity index (χ3n) is 4.57. The first-order chi connectivity index (χ1) is 10.6. The minimum absolute atomic E-state index is 0.292. The highest BCUT2D eigenvalue weighted by Crippen LogP contribution is 2.52. The molecule has 1 heterocycles. The van der Waals surface area contributed by atoms with Crippen molar-refractivity contribution in [3.63, 3.8) is 0 Å². The molecule has 0 bridgehead atoms. The van der Waals surface area contributed by atoms with Crippen molar-refractivity contribution in [3.8, 4) is 17.2 Å². The number of ether oxygens (including phenoxy) is 3. The lowest BCUT2D eigenvalue weighted by Gasteiger charge is -2.35. The smallest absolute Gasteiger partial charge is 0.314 e. The molecule has 0 radical (unpaired) electrons. The van der Waals surface area contributed by atoms with Gasteiger partial charge >= 0.3 is 5.97 Å². The summed E-state index contributed by atoms with van der Waals surface area (Å²) in [6, 6.07) is 1.73. The second-order valence-electron chi connectivity index (χ2n) is 5.74. The van der Waals surface area contributed by atoms with Gasteiger partial charge < -0.3 is 19.3 Å². The number of halogens is 1. The summed E-state index contributed by atoms with van der Waals surface area (Å²) in [4.78, 5) is 12.1. The molecule has 22 heavy (non-hydrogen) atoms. The molecule has 0 unspecified atom stereocenters. The van der Waals surface area contributed by atoms with E-state index in [0.717, 1.165) is 19.3 Å². The zero-order valence-corrected chi connectivity index (χ0v) is 13.2. The normalized spacial score (nSPS) is 19.5. The molecule has 0 aromatic heterocycles. The maximum atomic E-state index is 12.1. The number of fused-ring (bicyclic) bond motifs is 1. The van der Waals surface area contributed by atoms with Gasteiger partial charge in [0.15, 0.2) is 11.5 Å². The van der Waals surface area contributed by atoms with Gasteiger partial charge in [0.1, 0.15) is 24.0 Å². The Morgan fingerprint density at radius 2 is 1.95 bits per heavy atom. The van der Waals surface area contributed by atoms with Crippen LogP contribution < -0.4 is 14.2 Å². The van der Waals surface area contributed by atoms with Crippen LogP contribution in [-0.4, -0.2) is 31.4 Å². The van der Waals surface area contributed by atoms with Crippen molar-refractivity contribution >= 4 is 17.6 Å². The zero-order chi connectivity index (χ0) is 15.7. The van der Waals surface area contributed by atoms with Gasteiger partial charge in [-0.05, 0) is 18.9 Å². The number of carbonyl (C=O) groups is 1. The Hall–Kier alpha value is -1.62.